The molecule has 0 amide bonds. The minimum atomic E-state index is -3.37. The maximum atomic E-state index is 13.9. The summed E-state index contributed by atoms with van der Waals surface area (Å²) in [6.45, 7) is 1.91. The molecule has 0 heterocycles. The lowest BCUT2D eigenvalue weighted by atomic mass is 9.66. The lowest BCUT2D eigenvalue weighted by molar-refractivity contribution is -0.256. The van der Waals surface area contributed by atoms with Crippen molar-refractivity contribution < 1.29 is 17.6 Å². The van der Waals surface area contributed by atoms with Crippen LogP contribution in [0.3, 0.4) is 0 Å². The molecule has 0 N–H and O–H groups in total. The third-order valence-corrected chi connectivity index (χ3v) is 4.11. The van der Waals surface area contributed by atoms with Crippen molar-refractivity contribution >= 4 is 0 Å². The predicted molar refractivity (Wildman–Crippen MR) is 62.1 cm³/mol. The Balaban J connectivity index is 2.35. The molecule has 0 nitrogen and oxygen atoms in total. The van der Waals surface area contributed by atoms with Crippen LogP contribution >= 0.6 is 0 Å². The zero-order valence-electron chi connectivity index (χ0n) is 10.4. The first kappa shape index (κ1) is 13.4. The lowest BCUT2D eigenvalue weighted by Gasteiger charge is -2.47. The summed E-state index contributed by atoms with van der Waals surface area (Å²) < 4.78 is 55.7. The van der Waals surface area contributed by atoms with Gasteiger partial charge in [-0.05, 0) is 25.3 Å². The van der Waals surface area contributed by atoms with Gasteiger partial charge >= 0.3 is 0 Å². The van der Waals surface area contributed by atoms with Crippen LogP contribution < -0.4 is 0 Å². The third-order valence-electron chi connectivity index (χ3n) is 4.11. The van der Waals surface area contributed by atoms with Crippen LogP contribution in [0.2, 0.25) is 0 Å². The Morgan fingerprint density at radius 2 is 1.33 bits per heavy atom. The SMILES string of the molecule is CC1(C)C(F)(F)CC(c2ccccc2)CC1(F)F. The molecule has 0 spiro atoms. The van der Waals surface area contributed by atoms with E-state index in [0.717, 1.165) is 13.8 Å². The first-order chi connectivity index (χ1) is 8.17. The van der Waals surface area contributed by atoms with Crippen LogP contribution in [-0.2, 0) is 0 Å². The zero-order valence-corrected chi connectivity index (χ0v) is 10.4. The van der Waals surface area contributed by atoms with Gasteiger partial charge < -0.3 is 0 Å². The Labute approximate surface area is 104 Å². The highest BCUT2D eigenvalue weighted by Gasteiger charge is 2.65. The Hall–Kier alpha value is -1.06. The molecule has 0 radical (unpaired) electrons. The standard InChI is InChI=1S/C14H16F4/c1-12(2)13(15,16)8-11(9-14(12,17)18)10-6-4-3-5-7-10/h3-7,11H,8-9H2,1-2H3. The highest BCUT2D eigenvalue weighted by atomic mass is 19.3. The largest absolute Gasteiger partial charge is 0.259 e. The average molecular weight is 260 g/mol. The van der Waals surface area contributed by atoms with Crippen molar-refractivity contribution in [1.82, 2.24) is 0 Å². The second-order valence-electron chi connectivity index (χ2n) is 5.55. The summed E-state index contributed by atoms with van der Waals surface area (Å²) in [5.41, 5.74) is -1.72. The molecular weight excluding hydrogens is 244 g/mol. The predicted octanol–water partition coefficient (Wildman–Crippen LogP) is 4.86. The van der Waals surface area contributed by atoms with E-state index in [4.69, 9.17) is 0 Å². The third kappa shape index (κ3) is 1.91. The zero-order chi connectivity index (χ0) is 13.6. The molecule has 0 saturated heterocycles. The van der Waals surface area contributed by atoms with Gasteiger partial charge in [-0.2, -0.15) is 0 Å². The van der Waals surface area contributed by atoms with Crippen molar-refractivity contribution in [3.8, 4) is 0 Å². The van der Waals surface area contributed by atoms with E-state index in [9.17, 15) is 17.6 Å². The summed E-state index contributed by atoms with van der Waals surface area (Å²) in [6, 6.07) is 8.38. The molecular formula is C14H16F4. The number of alkyl halides is 4. The summed E-state index contributed by atoms with van der Waals surface area (Å²) in [5, 5.41) is 0. The summed E-state index contributed by atoms with van der Waals surface area (Å²) in [4.78, 5) is 0. The molecule has 1 aliphatic carbocycles. The fourth-order valence-corrected chi connectivity index (χ4v) is 2.43. The number of hydrogen-bond acceptors (Lipinski definition) is 0. The molecule has 0 aromatic heterocycles. The van der Waals surface area contributed by atoms with Crippen molar-refractivity contribution in [2.45, 2.75) is 44.5 Å². The maximum Gasteiger partial charge on any atom is 0.259 e. The first-order valence-electron chi connectivity index (χ1n) is 5.98. The summed E-state index contributed by atoms with van der Waals surface area (Å²) in [6.07, 6.45) is -1.03. The van der Waals surface area contributed by atoms with Gasteiger partial charge in [0.15, 0.2) is 0 Å². The quantitative estimate of drug-likeness (QED) is 0.632. The molecule has 100 valence electrons. The Morgan fingerprint density at radius 3 is 1.78 bits per heavy atom. The smallest absolute Gasteiger partial charge is 0.206 e. The van der Waals surface area contributed by atoms with Crippen molar-refractivity contribution in [3.63, 3.8) is 0 Å². The lowest BCUT2D eigenvalue weighted by Crippen LogP contribution is -2.55. The highest BCUT2D eigenvalue weighted by molar-refractivity contribution is 5.23. The normalized spacial score (nSPS) is 25.9. The molecule has 18 heavy (non-hydrogen) atoms. The van der Waals surface area contributed by atoms with Crippen LogP contribution in [0.15, 0.2) is 30.3 Å². The first-order valence-corrected chi connectivity index (χ1v) is 5.98. The number of rotatable bonds is 1. The van der Waals surface area contributed by atoms with Crippen molar-refractivity contribution in [3.05, 3.63) is 35.9 Å². The Kier molecular flexibility index (Phi) is 2.95. The van der Waals surface area contributed by atoms with Crippen LogP contribution in [0.5, 0.6) is 0 Å². The van der Waals surface area contributed by atoms with Crippen molar-refractivity contribution in [2.75, 3.05) is 0 Å². The molecule has 1 aromatic carbocycles. The molecule has 4 heteroatoms. The van der Waals surface area contributed by atoms with Gasteiger partial charge in [-0.15, -0.1) is 0 Å². The number of benzene rings is 1. The minimum absolute atomic E-state index is 0.514. The molecule has 2 rings (SSSR count). The van der Waals surface area contributed by atoms with Gasteiger partial charge in [0.05, 0.1) is 5.41 Å². The fraction of sp³-hybridized carbons (Fsp3) is 0.571. The van der Waals surface area contributed by atoms with Gasteiger partial charge in [0.2, 0.25) is 0 Å². The summed E-state index contributed by atoms with van der Waals surface area (Å²) >= 11 is 0. The van der Waals surface area contributed by atoms with Crippen LogP contribution in [0.25, 0.3) is 0 Å². The van der Waals surface area contributed by atoms with E-state index in [-0.39, 0.29) is 0 Å². The topological polar surface area (TPSA) is 0 Å². The number of hydrogen-bond donors (Lipinski definition) is 0. The van der Waals surface area contributed by atoms with Gasteiger partial charge in [-0.3, -0.25) is 0 Å². The molecule has 1 aliphatic rings. The van der Waals surface area contributed by atoms with E-state index >= 15 is 0 Å². The minimum Gasteiger partial charge on any atom is -0.206 e. The van der Waals surface area contributed by atoms with Crippen LogP contribution in [0, 0.1) is 5.41 Å². The Bertz CT molecular complexity index is 403. The second kappa shape index (κ2) is 3.97. The van der Waals surface area contributed by atoms with Crippen LogP contribution in [0.4, 0.5) is 17.6 Å². The Morgan fingerprint density at radius 1 is 0.889 bits per heavy atom. The number of halogens is 4. The van der Waals surface area contributed by atoms with E-state index in [1.165, 1.54) is 0 Å². The van der Waals surface area contributed by atoms with E-state index in [1.54, 1.807) is 30.3 Å². The molecule has 0 atom stereocenters. The second-order valence-corrected chi connectivity index (χ2v) is 5.55. The maximum absolute atomic E-state index is 13.9. The highest BCUT2D eigenvalue weighted by Crippen LogP contribution is 2.59. The van der Waals surface area contributed by atoms with Gasteiger partial charge in [-0.25, -0.2) is 17.6 Å². The van der Waals surface area contributed by atoms with Gasteiger partial charge in [0.25, 0.3) is 11.8 Å². The van der Waals surface area contributed by atoms with Crippen LogP contribution in [0.1, 0.15) is 38.2 Å². The van der Waals surface area contributed by atoms with Crippen LogP contribution in [-0.4, -0.2) is 11.8 Å². The summed E-state index contributed by atoms with van der Waals surface area (Å²) in [5.74, 6) is -7.52. The fourth-order valence-electron chi connectivity index (χ4n) is 2.43. The van der Waals surface area contributed by atoms with Crippen molar-refractivity contribution in [2.24, 2.45) is 5.41 Å². The van der Waals surface area contributed by atoms with Gasteiger partial charge in [0.1, 0.15) is 0 Å². The summed E-state index contributed by atoms with van der Waals surface area (Å²) in [7, 11) is 0. The molecule has 0 unspecified atom stereocenters. The van der Waals surface area contributed by atoms with E-state index in [0.29, 0.717) is 5.56 Å². The average Bonchev–Trinajstić information content (AvgIpc) is 2.27. The molecule has 0 bridgehead atoms. The van der Waals surface area contributed by atoms with Gasteiger partial charge in [-0.1, -0.05) is 30.3 Å². The van der Waals surface area contributed by atoms with Crippen molar-refractivity contribution in [1.29, 1.82) is 0 Å². The van der Waals surface area contributed by atoms with E-state index in [1.807, 2.05) is 0 Å². The van der Waals surface area contributed by atoms with E-state index in [2.05, 4.69) is 0 Å². The molecule has 1 fully saturated rings. The van der Waals surface area contributed by atoms with E-state index < -0.39 is 36.0 Å². The molecule has 1 aromatic rings. The monoisotopic (exact) mass is 260 g/mol. The molecule has 0 aliphatic heterocycles. The van der Waals surface area contributed by atoms with Gasteiger partial charge in [0, 0.05) is 12.8 Å². The molecule has 1 saturated carbocycles.